The lowest BCUT2D eigenvalue weighted by Gasteiger charge is -2.41. The van der Waals surface area contributed by atoms with Gasteiger partial charge in [-0.05, 0) is 61.3 Å². The Balaban J connectivity index is 1.68. The van der Waals surface area contributed by atoms with Crippen molar-refractivity contribution >= 4 is 11.6 Å². The van der Waals surface area contributed by atoms with E-state index < -0.39 is 0 Å². The Hall–Kier alpha value is -1.42. The van der Waals surface area contributed by atoms with Gasteiger partial charge >= 0.3 is 0 Å². The van der Waals surface area contributed by atoms with Gasteiger partial charge in [0.25, 0.3) is 0 Å². The summed E-state index contributed by atoms with van der Waals surface area (Å²) in [5, 5.41) is 0.797. The lowest BCUT2D eigenvalue weighted by atomic mass is 9.93. The number of piperazine rings is 1. The first kappa shape index (κ1) is 17.0. The highest BCUT2D eigenvalue weighted by Crippen LogP contribution is 2.47. The maximum Gasteiger partial charge on any atom is 0.123 e. The molecular formula is C21H24ClFN2. The van der Waals surface area contributed by atoms with Crippen LogP contribution in [-0.2, 0) is 0 Å². The van der Waals surface area contributed by atoms with Gasteiger partial charge in [-0.15, -0.1) is 0 Å². The van der Waals surface area contributed by atoms with Gasteiger partial charge in [0.1, 0.15) is 5.82 Å². The molecule has 2 nitrogen and oxygen atoms in total. The third-order valence-corrected chi connectivity index (χ3v) is 6.18. The van der Waals surface area contributed by atoms with Gasteiger partial charge in [0.05, 0.1) is 0 Å². The largest absolute Gasteiger partial charge is 0.301 e. The molecule has 0 bridgehead atoms. The minimum atomic E-state index is -0.178. The molecule has 0 N–H and O–H groups in total. The summed E-state index contributed by atoms with van der Waals surface area (Å²) in [5.74, 6) is 0.135. The van der Waals surface area contributed by atoms with E-state index in [1.165, 1.54) is 16.7 Å². The molecule has 0 aromatic heterocycles. The van der Waals surface area contributed by atoms with Crippen LogP contribution in [0.15, 0.2) is 42.5 Å². The maximum absolute atomic E-state index is 13.3. The summed E-state index contributed by atoms with van der Waals surface area (Å²) < 4.78 is 13.3. The predicted molar refractivity (Wildman–Crippen MR) is 101 cm³/mol. The van der Waals surface area contributed by atoms with E-state index in [1.54, 1.807) is 12.1 Å². The number of rotatable bonds is 2. The summed E-state index contributed by atoms with van der Waals surface area (Å²) in [6, 6.07) is 14.2. The topological polar surface area (TPSA) is 6.48 Å². The minimum Gasteiger partial charge on any atom is -0.301 e. The van der Waals surface area contributed by atoms with E-state index in [2.05, 4.69) is 35.9 Å². The van der Waals surface area contributed by atoms with E-state index in [9.17, 15) is 4.39 Å². The molecule has 3 atom stereocenters. The van der Waals surface area contributed by atoms with Crippen molar-refractivity contribution < 1.29 is 4.39 Å². The molecule has 2 aromatic rings. The fourth-order valence-electron chi connectivity index (χ4n) is 4.34. The molecule has 1 aliphatic carbocycles. The zero-order chi connectivity index (χ0) is 17.6. The number of halogens is 2. The second-order valence-corrected chi connectivity index (χ2v) is 7.89. The van der Waals surface area contributed by atoms with Gasteiger partial charge in [0, 0.05) is 42.7 Å². The fraction of sp³-hybridized carbons (Fsp3) is 0.429. The quantitative estimate of drug-likeness (QED) is 0.768. The highest BCUT2D eigenvalue weighted by atomic mass is 35.5. The van der Waals surface area contributed by atoms with E-state index in [0.29, 0.717) is 18.0 Å². The Morgan fingerprint density at radius 2 is 1.80 bits per heavy atom. The van der Waals surface area contributed by atoms with Crippen molar-refractivity contribution in [3.63, 3.8) is 0 Å². The smallest absolute Gasteiger partial charge is 0.123 e. The fourth-order valence-corrected chi connectivity index (χ4v) is 4.53. The number of benzene rings is 2. The number of nitrogens with zero attached hydrogens (tertiary/aromatic N) is 2. The van der Waals surface area contributed by atoms with E-state index in [4.69, 9.17) is 11.6 Å². The van der Waals surface area contributed by atoms with Crippen LogP contribution in [0.1, 0.15) is 42.0 Å². The average molecular weight is 359 g/mol. The molecule has 1 saturated heterocycles. The summed E-state index contributed by atoms with van der Waals surface area (Å²) in [4.78, 5) is 5.02. The molecule has 1 fully saturated rings. The third-order valence-electron chi connectivity index (χ3n) is 5.95. The Morgan fingerprint density at radius 3 is 2.52 bits per heavy atom. The molecule has 2 aliphatic rings. The van der Waals surface area contributed by atoms with Gasteiger partial charge in [-0.3, -0.25) is 4.90 Å². The molecule has 1 heterocycles. The van der Waals surface area contributed by atoms with Crippen LogP contribution in [0.25, 0.3) is 0 Å². The van der Waals surface area contributed by atoms with Crippen LogP contribution in [0.3, 0.4) is 0 Å². The molecule has 0 amide bonds. The van der Waals surface area contributed by atoms with E-state index in [0.717, 1.165) is 31.1 Å². The Kier molecular flexibility index (Phi) is 4.57. The van der Waals surface area contributed by atoms with Crippen molar-refractivity contribution in [3.8, 4) is 0 Å². The van der Waals surface area contributed by atoms with Gasteiger partial charge in [-0.2, -0.15) is 0 Å². The number of fused-ring (bicyclic) bond motifs is 1. The van der Waals surface area contributed by atoms with Crippen molar-refractivity contribution in [2.45, 2.75) is 31.3 Å². The highest BCUT2D eigenvalue weighted by molar-refractivity contribution is 6.30. The molecule has 2 aromatic carbocycles. The number of hydrogen-bond acceptors (Lipinski definition) is 2. The lowest BCUT2D eigenvalue weighted by Crippen LogP contribution is -2.50. The van der Waals surface area contributed by atoms with Crippen LogP contribution < -0.4 is 0 Å². The highest BCUT2D eigenvalue weighted by Gasteiger charge is 2.37. The molecule has 1 unspecified atom stereocenters. The molecule has 25 heavy (non-hydrogen) atoms. The molecule has 0 spiro atoms. The van der Waals surface area contributed by atoms with Crippen LogP contribution in [-0.4, -0.2) is 42.5 Å². The van der Waals surface area contributed by atoms with Crippen molar-refractivity contribution in [1.29, 1.82) is 0 Å². The number of hydrogen-bond donors (Lipinski definition) is 0. The Labute approximate surface area is 154 Å². The van der Waals surface area contributed by atoms with Gasteiger partial charge in [0.2, 0.25) is 0 Å². The van der Waals surface area contributed by atoms with Gasteiger partial charge in [-0.25, -0.2) is 4.39 Å². The van der Waals surface area contributed by atoms with Gasteiger partial charge in [0.15, 0.2) is 0 Å². The van der Waals surface area contributed by atoms with E-state index in [1.807, 2.05) is 18.2 Å². The van der Waals surface area contributed by atoms with Crippen molar-refractivity contribution in [2.24, 2.45) is 0 Å². The van der Waals surface area contributed by atoms with Crippen molar-refractivity contribution in [2.75, 3.05) is 26.7 Å². The van der Waals surface area contributed by atoms with Crippen LogP contribution in [0.4, 0.5) is 4.39 Å². The van der Waals surface area contributed by atoms with Gasteiger partial charge < -0.3 is 4.90 Å². The number of likely N-dealkylation sites (N-methyl/N-ethyl adjacent to an activating group) is 1. The monoisotopic (exact) mass is 358 g/mol. The normalized spacial score (nSPS) is 27.4. The Bertz CT molecular complexity index is 761. The second-order valence-electron chi connectivity index (χ2n) is 7.45. The molecule has 1 aliphatic heterocycles. The summed E-state index contributed by atoms with van der Waals surface area (Å²) >= 11 is 6.32. The molecule has 0 saturated carbocycles. The van der Waals surface area contributed by atoms with Gasteiger partial charge in [-0.1, -0.05) is 29.8 Å². The SMILES string of the molecule is CC1CN([C@H]2C[C@H](c3ccc(F)cc3)c3ccc(Cl)cc32)CCN1C. The standard InChI is InChI=1S/C21H24ClFN2/c1-14-13-25(10-9-24(14)2)21-12-19(15-3-6-17(23)7-4-15)18-8-5-16(22)11-20(18)21/h3-8,11,14,19,21H,9-10,12-13H2,1-2H3/t14?,19-,21+/m1/s1. The summed E-state index contributed by atoms with van der Waals surface area (Å²) in [5.41, 5.74) is 3.88. The van der Waals surface area contributed by atoms with E-state index >= 15 is 0 Å². The Morgan fingerprint density at radius 1 is 1.04 bits per heavy atom. The minimum absolute atomic E-state index is 0.178. The zero-order valence-corrected chi connectivity index (χ0v) is 15.5. The lowest BCUT2D eigenvalue weighted by molar-refractivity contribution is 0.0709. The summed E-state index contributed by atoms with van der Waals surface area (Å²) in [6.07, 6.45) is 1.04. The molecule has 0 radical (unpaired) electrons. The van der Waals surface area contributed by atoms with Crippen LogP contribution in [0.5, 0.6) is 0 Å². The summed E-state index contributed by atoms with van der Waals surface area (Å²) in [6.45, 7) is 5.53. The van der Waals surface area contributed by atoms with Crippen LogP contribution >= 0.6 is 11.6 Å². The first-order valence-corrected chi connectivity index (χ1v) is 9.40. The molecule has 4 heteroatoms. The molecular weight excluding hydrogens is 335 g/mol. The first-order valence-electron chi connectivity index (χ1n) is 9.02. The average Bonchev–Trinajstić information content (AvgIpc) is 2.97. The molecule has 132 valence electrons. The van der Waals surface area contributed by atoms with Crippen molar-refractivity contribution in [3.05, 3.63) is 70.0 Å². The third kappa shape index (κ3) is 3.21. The maximum atomic E-state index is 13.3. The summed E-state index contributed by atoms with van der Waals surface area (Å²) in [7, 11) is 2.20. The van der Waals surface area contributed by atoms with Crippen molar-refractivity contribution in [1.82, 2.24) is 9.80 Å². The molecule has 4 rings (SSSR count). The zero-order valence-electron chi connectivity index (χ0n) is 14.8. The second kappa shape index (κ2) is 6.71. The van der Waals surface area contributed by atoms with E-state index in [-0.39, 0.29) is 5.82 Å². The van der Waals surface area contributed by atoms with Crippen LogP contribution in [0.2, 0.25) is 5.02 Å². The predicted octanol–water partition coefficient (Wildman–Crippen LogP) is 4.69. The van der Waals surface area contributed by atoms with Crippen LogP contribution in [0, 0.1) is 5.82 Å². The first-order chi connectivity index (χ1) is 12.0.